The van der Waals surface area contributed by atoms with Gasteiger partial charge in [0.2, 0.25) is 0 Å². The van der Waals surface area contributed by atoms with E-state index in [0.717, 1.165) is 16.3 Å². The van der Waals surface area contributed by atoms with Crippen LogP contribution in [0.2, 0.25) is 15.1 Å². The van der Waals surface area contributed by atoms with Crippen molar-refractivity contribution < 1.29 is 14.3 Å². The van der Waals surface area contributed by atoms with Gasteiger partial charge in [-0.1, -0.05) is 65.1 Å². The highest BCUT2D eigenvalue weighted by molar-refractivity contribution is 6.40. The maximum Gasteiger partial charge on any atom is 0.277 e. The minimum Gasteiger partial charge on any atom is -0.496 e. The largest absolute Gasteiger partial charge is 0.496 e. The molecule has 0 unspecified atom stereocenters. The third kappa shape index (κ3) is 4.68. The Morgan fingerprint density at radius 2 is 1.82 bits per heavy atom. The quantitative estimate of drug-likeness (QED) is 0.418. The Kier molecular flexibility index (Phi) is 6.62. The number of nitrogens with zero attached hydrogens (tertiary/aromatic N) is 1. The van der Waals surface area contributed by atoms with Crippen LogP contribution in [0.25, 0.3) is 10.8 Å². The van der Waals surface area contributed by atoms with E-state index in [9.17, 15) is 4.79 Å². The molecular weight excluding hydrogens is 423 g/mol. The van der Waals surface area contributed by atoms with Crippen LogP contribution in [0.1, 0.15) is 5.56 Å². The molecule has 0 aliphatic rings. The van der Waals surface area contributed by atoms with Crippen molar-refractivity contribution in [1.82, 2.24) is 5.43 Å². The van der Waals surface area contributed by atoms with Crippen molar-refractivity contribution in [3.05, 3.63) is 69.2 Å². The van der Waals surface area contributed by atoms with Gasteiger partial charge in [0.15, 0.2) is 12.4 Å². The number of carbonyl (C=O) groups is 1. The van der Waals surface area contributed by atoms with E-state index in [1.165, 1.54) is 18.3 Å². The molecular formula is C20H15Cl3N2O3. The molecule has 0 aliphatic heterocycles. The monoisotopic (exact) mass is 436 g/mol. The summed E-state index contributed by atoms with van der Waals surface area (Å²) in [6.07, 6.45) is 1.53. The Bertz CT molecular complexity index is 1030. The number of carbonyl (C=O) groups excluding carboxylic acids is 1. The number of hydrogen-bond acceptors (Lipinski definition) is 4. The van der Waals surface area contributed by atoms with E-state index in [1.807, 2.05) is 36.4 Å². The second-order valence-corrected chi connectivity index (χ2v) is 6.93. The number of halogens is 3. The predicted molar refractivity (Wildman–Crippen MR) is 113 cm³/mol. The van der Waals surface area contributed by atoms with Gasteiger partial charge in [-0.3, -0.25) is 4.79 Å². The molecule has 0 atom stereocenters. The SMILES string of the molecule is COc1ccc2ccccc2c1/C=N/NC(=O)COc1c(Cl)cc(Cl)cc1Cl. The molecule has 3 aromatic carbocycles. The van der Waals surface area contributed by atoms with Crippen LogP contribution < -0.4 is 14.9 Å². The number of benzene rings is 3. The Morgan fingerprint density at radius 1 is 1.11 bits per heavy atom. The molecule has 0 saturated heterocycles. The van der Waals surface area contributed by atoms with Crippen molar-refractivity contribution in [3.63, 3.8) is 0 Å². The minimum atomic E-state index is -0.475. The summed E-state index contributed by atoms with van der Waals surface area (Å²) in [6.45, 7) is -0.314. The van der Waals surface area contributed by atoms with Crippen LogP contribution in [0, 0.1) is 0 Å². The zero-order chi connectivity index (χ0) is 20.1. The molecule has 0 saturated carbocycles. The highest BCUT2D eigenvalue weighted by atomic mass is 35.5. The number of rotatable bonds is 6. The zero-order valence-corrected chi connectivity index (χ0v) is 17.0. The second-order valence-electron chi connectivity index (χ2n) is 5.68. The Hall–Kier alpha value is -2.47. The van der Waals surface area contributed by atoms with E-state index in [4.69, 9.17) is 44.3 Å². The van der Waals surface area contributed by atoms with Crippen LogP contribution in [0.5, 0.6) is 11.5 Å². The van der Waals surface area contributed by atoms with Gasteiger partial charge in [-0.15, -0.1) is 0 Å². The topological polar surface area (TPSA) is 59.9 Å². The lowest BCUT2D eigenvalue weighted by Gasteiger charge is -2.10. The lowest BCUT2D eigenvalue weighted by Crippen LogP contribution is -2.24. The molecule has 0 heterocycles. The van der Waals surface area contributed by atoms with E-state index in [2.05, 4.69) is 10.5 Å². The third-order valence-electron chi connectivity index (χ3n) is 3.84. The number of hydrogen-bond donors (Lipinski definition) is 1. The van der Waals surface area contributed by atoms with Crippen molar-refractivity contribution in [3.8, 4) is 11.5 Å². The molecule has 3 rings (SSSR count). The van der Waals surface area contributed by atoms with E-state index in [0.29, 0.717) is 10.8 Å². The van der Waals surface area contributed by atoms with Gasteiger partial charge in [0.25, 0.3) is 5.91 Å². The van der Waals surface area contributed by atoms with Gasteiger partial charge in [0, 0.05) is 10.6 Å². The summed E-state index contributed by atoms with van der Waals surface area (Å²) in [5.74, 6) is 0.354. The van der Waals surface area contributed by atoms with Crippen LogP contribution in [0.4, 0.5) is 0 Å². The second kappa shape index (κ2) is 9.15. The summed E-state index contributed by atoms with van der Waals surface area (Å²) in [5, 5.41) is 6.80. The van der Waals surface area contributed by atoms with Gasteiger partial charge in [0.1, 0.15) is 5.75 Å². The number of ether oxygens (including phenoxy) is 2. The van der Waals surface area contributed by atoms with Crippen LogP contribution >= 0.6 is 34.8 Å². The summed E-state index contributed by atoms with van der Waals surface area (Å²) in [4.78, 5) is 12.0. The van der Waals surface area contributed by atoms with Gasteiger partial charge in [0.05, 0.1) is 23.4 Å². The van der Waals surface area contributed by atoms with E-state index in [-0.39, 0.29) is 22.4 Å². The molecule has 3 aromatic rings. The van der Waals surface area contributed by atoms with Crippen molar-refractivity contribution in [2.45, 2.75) is 0 Å². The van der Waals surface area contributed by atoms with Gasteiger partial charge in [-0.05, 0) is 29.0 Å². The van der Waals surface area contributed by atoms with Crippen LogP contribution in [0.3, 0.4) is 0 Å². The maximum absolute atomic E-state index is 12.0. The summed E-state index contributed by atoms with van der Waals surface area (Å²) >= 11 is 17.9. The predicted octanol–water partition coefficient (Wildman–Crippen LogP) is 5.34. The average Bonchev–Trinajstić information content (AvgIpc) is 2.67. The van der Waals surface area contributed by atoms with E-state index >= 15 is 0 Å². The van der Waals surface area contributed by atoms with Crippen molar-refractivity contribution in [2.75, 3.05) is 13.7 Å². The molecule has 0 bridgehead atoms. The van der Waals surface area contributed by atoms with E-state index in [1.54, 1.807) is 7.11 Å². The highest BCUT2D eigenvalue weighted by Gasteiger charge is 2.11. The van der Waals surface area contributed by atoms with Crippen molar-refractivity contribution in [1.29, 1.82) is 0 Å². The molecule has 0 aliphatic carbocycles. The summed E-state index contributed by atoms with van der Waals surface area (Å²) in [5.41, 5.74) is 3.16. The fourth-order valence-corrected chi connectivity index (χ4v) is 3.52. The summed E-state index contributed by atoms with van der Waals surface area (Å²) in [7, 11) is 1.58. The number of methoxy groups -OCH3 is 1. The summed E-state index contributed by atoms with van der Waals surface area (Å²) in [6, 6.07) is 14.6. The van der Waals surface area contributed by atoms with Crippen LogP contribution in [0.15, 0.2) is 53.6 Å². The first-order valence-electron chi connectivity index (χ1n) is 8.14. The molecule has 0 radical (unpaired) electrons. The smallest absolute Gasteiger partial charge is 0.277 e. The van der Waals surface area contributed by atoms with Crippen molar-refractivity contribution in [2.24, 2.45) is 5.10 Å². The van der Waals surface area contributed by atoms with Gasteiger partial charge in [-0.2, -0.15) is 5.10 Å². The average molecular weight is 438 g/mol. The van der Waals surface area contributed by atoms with E-state index < -0.39 is 5.91 Å². The standard InChI is InChI=1S/C20H15Cl3N2O3/c1-27-18-7-6-12-4-2-3-5-14(12)15(18)10-24-25-19(26)11-28-20-16(22)8-13(21)9-17(20)23/h2-10H,11H2,1H3,(H,25,26)/b24-10+. The first kappa shape index (κ1) is 20.3. The van der Waals surface area contributed by atoms with Crippen LogP contribution in [-0.2, 0) is 4.79 Å². The Morgan fingerprint density at radius 3 is 2.54 bits per heavy atom. The first-order valence-corrected chi connectivity index (χ1v) is 9.28. The molecule has 28 heavy (non-hydrogen) atoms. The van der Waals surface area contributed by atoms with Gasteiger partial charge in [-0.25, -0.2) is 5.43 Å². The number of amides is 1. The lowest BCUT2D eigenvalue weighted by atomic mass is 10.0. The first-order chi connectivity index (χ1) is 13.5. The normalized spacial score (nSPS) is 11.0. The molecule has 5 nitrogen and oxygen atoms in total. The molecule has 0 fully saturated rings. The molecule has 1 amide bonds. The molecule has 144 valence electrons. The Labute approximate surface area is 176 Å². The number of hydrazone groups is 1. The van der Waals surface area contributed by atoms with Crippen LogP contribution in [-0.4, -0.2) is 25.8 Å². The maximum atomic E-state index is 12.0. The lowest BCUT2D eigenvalue weighted by molar-refractivity contribution is -0.123. The highest BCUT2D eigenvalue weighted by Crippen LogP contribution is 2.35. The number of fused-ring (bicyclic) bond motifs is 1. The van der Waals surface area contributed by atoms with Crippen molar-refractivity contribution >= 4 is 57.7 Å². The fourth-order valence-electron chi connectivity index (χ4n) is 2.59. The number of nitrogens with one attached hydrogen (secondary N) is 1. The zero-order valence-electron chi connectivity index (χ0n) is 14.7. The Balaban J connectivity index is 1.68. The van der Waals surface area contributed by atoms with Gasteiger partial charge < -0.3 is 9.47 Å². The molecule has 0 spiro atoms. The van der Waals surface area contributed by atoms with Gasteiger partial charge >= 0.3 is 0 Å². The minimum absolute atomic E-state index is 0.183. The molecule has 0 aromatic heterocycles. The summed E-state index contributed by atoms with van der Waals surface area (Å²) < 4.78 is 10.8. The fraction of sp³-hybridized carbons (Fsp3) is 0.100. The third-order valence-corrected chi connectivity index (χ3v) is 4.62. The molecule has 1 N–H and O–H groups in total. The molecule has 8 heteroatoms.